The Kier molecular flexibility index (Phi) is 17.4. The Bertz CT molecular complexity index is 1450. The summed E-state index contributed by atoms with van der Waals surface area (Å²) in [6.45, 7) is 12.5. The van der Waals surface area contributed by atoms with Crippen molar-refractivity contribution >= 4 is 22.7 Å². The summed E-state index contributed by atoms with van der Waals surface area (Å²) in [6.07, 6.45) is -12.5. The maximum Gasteiger partial charge on any atom is 0.275 e. The van der Waals surface area contributed by atoms with Gasteiger partial charge in [0.2, 0.25) is 0 Å². The lowest BCUT2D eigenvalue weighted by Gasteiger charge is -2.32. The van der Waals surface area contributed by atoms with Crippen molar-refractivity contribution in [3.63, 3.8) is 0 Å². The number of rotatable bonds is 16. The number of nitrogens with zero attached hydrogens (tertiary/aromatic N) is 4. The number of hydrogen-bond donors (Lipinski definition) is 10. The van der Waals surface area contributed by atoms with Gasteiger partial charge in [-0.15, -0.1) is 4.91 Å². The predicted molar refractivity (Wildman–Crippen MR) is 192 cm³/mol. The van der Waals surface area contributed by atoms with Crippen molar-refractivity contribution in [3.8, 4) is 0 Å². The van der Waals surface area contributed by atoms with Crippen LogP contribution in [-0.4, -0.2) is 145 Å². The van der Waals surface area contributed by atoms with E-state index in [9.17, 15) is 55.9 Å². The Morgan fingerprint density at radius 1 is 0.549 bits per heavy atom. The lowest BCUT2D eigenvalue weighted by Crippen LogP contribution is -2.49. The second-order valence-corrected chi connectivity index (χ2v) is 13.1. The van der Waals surface area contributed by atoms with E-state index in [0.29, 0.717) is 33.6 Å². The van der Waals surface area contributed by atoms with Crippen LogP contribution >= 0.6 is 0 Å². The number of aliphatic hydroxyl groups excluding tert-OH is 10. The van der Waals surface area contributed by atoms with Gasteiger partial charge in [0.05, 0.1) is 30.3 Å². The lowest BCUT2D eigenvalue weighted by atomic mass is 9.95. The smallest absolute Gasteiger partial charge is 0.275 e. The monoisotopic (exact) mass is 728 g/mol. The Morgan fingerprint density at radius 3 is 1.08 bits per heavy atom. The van der Waals surface area contributed by atoms with E-state index in [1.165, 1.54) is 0 Å². The van der Waals surface area contributed by atoms with Gasteiger partial charge in [0.25, 0.3) is 5.69 Å². The van der Waals surface area contributed by atoms with E-state index in [1.54, 1.807) is 65.4 Å². The number of benzene rings is 2. The summed E-state index contributed by atoms with van der Waals surface area (Å²) in [5, 5.41) is 111. The summed E-state index contributed by atoms with van der Waals surface area (Å²) in [5.41, 5.74) is 7.48. The largest absolute Gasteiger partial charge is 0.394 e. The van der Waals surface area contributed by atoms with Gasteiger partial charge in [0.1, 0.15) is 42.3 Å². The fourth-order valence-electron chi connectivity index (χ4n) is 6.19. The Hall–Kier alpha value is -3.36. The molecule has 0 amide bonds. The zero-order chi connectivity index (χ0) is 39.8. The van der Waals surface area contributed by atoms with Crippen LogP contribution in [0.25, 0.3) is 0 Å². The van der Waals surface area contributed by atoms with Gasteiger partial charge < -0.3 is 60.9 Å². The molecule has 0 saturated carbocycles. The van der Waals surface area contributed by atoms with Crippen LogP contribution in [0.3, 0.4) is 0 Å². The molecule has 10 N–H and O–H groups in total. The fraction of sp³-hybridized carbons (Fsp3) is 0.647. The summed E-state index contributed by atoms with van der Waals surface area (Å²) in [7, 11) is 3.37. The minimum absolute atomic E-state index is 0.0230. The highest BCUT2D eigenvalue weighted by molar-refractivity contribution is 5.72. The number of hydrogen-bond acceptors (Lipinski definition) is 16. The quantitative estimate of drug-likeness (QED) is 0.0613. The highest BCUT2D eigenvalue weighted by Gasteiger charge is 2.33. The van der Waals surface area contributed by atoms with Crippen molar-refractivity contribution in [1.29, 1.82) is 0 Å². The standard InChI is InChI=1S/C17H28N2O7.C17H28N2O6/c1-8-10(3)15(19(25)26)11(4)9(2)14(8)18(5)6-12(21)16(23)17(24)13(22)7-20;1-8-10(3)15(11(4)9(2)14(8)18-25)19(5)6-12(21)16(23)17(24)13(22)7-20/h12-13,16-17,20-24H,6-7H2,1-5H3;12-13,16-17,20-24H,6-7H2,1-5H3. The van der Waals surface area contributed by atoms with Crippen LogP contribution in [0.4, 0.5) is 22.7 Å². The summed E-state index contributed by atoms with van der Waals surface area (Å²) in [5.74, 6) is 0. The maximum absolute atomic E-state index is 11.3. The molecule has 8 unspecified atom stereocenters. The average Bonchev–Trinajstić information content (AvgIpc) is 3.08. The van der Waals surface area contributed by atoms with Crippen LogP contribution < -0.4 is 9.80 Å². The summed E-state index contributed by atoms with van der Waals surface area (Å²) >= 11 is 0. The maximum atomic E-state index is 11.3. The molecule has 2 rings (SSSR count). The van der Waals surface area contributed by atoms with Crippen molar-refractivity contribution < 1.29 is 56.0 Å². The van der Waals surface area contributed by atoms with E-state index in [0.717, 1.165) is 27.9 Å². The molecule has 0 spiro atoms. The molecule has 290 valence electrons. The molecule has 0 aliphatic rings. The summed E-state index contributed by atoms with van der Waals surface area (Å²) in [6, 6.07) is 0. The van der Waals surface area contributed by atoms with Gasteiger partial charge in [0.15, 0.2) is 0 Å². The lowest BCUT2D eigenvalue weighted by molar-refractivity contribution is -0.386. The highest BCUT2D eigenvalue weighted by atomic mass is 16.6. The molecule has 2 aromatic rings. The second kappa shape index (κ2) is 19.5. The molecular formula is C34H56N4O13. The van der Waals surface area contributed by atoms with E-state index in [1.807, 2.05) is 13.8 Å². The third-order valence-electron chi connectivity index (χ3n) is 9.70. The molecule has 0 radical (unpaired) electrons. The average molecular weight is 729 g/mol. The van der Waals surface area contributed by atoms with E-state index in [4.69, 9.17) is 10.2 Å². The van der Waals surface area contributed by atoms with Gasteiger partial charge in [-0.2, -0.15) is 0 Å². The van der Waals surface area contributed by atoms with Crippen molar-refractivity contribution in [2.24, 2.45) is 5.18 Å². The van der Waals surface area contributed by atoms with Gasteiger partial charge in [0, 0.05) is 49.7 Å². The van der Waals surface area contributed by atoms with Gasteiger partial charge in [-0.25, -0.2) is 0 Å². The zero-order valence-corrected chi connectivity index (χ0v) is 30.9. The van der Waals surface area contributed by atoms with Crippen LogP contribution in [0.2, 0.25) is 0 Å². The first-order chi connectivity index (χ1) is 23.5. The van der Waals surface area contributed by atoms with Crippen molar-refractivity contribution in [2.45, 2.75) is 104 Å². The van der Waals surface area contributed by atoms with Crippen LogP contribution in [-0.2, 0) is 0 Å². The van der Waals surface area contributed by atoms with E-state index in [2.05, 4.69) is 5.18 Å². The SMILES string of the molecule is Cc1c(C)c(N(C)CC(O)C(O)C(O)C(O)CO)c(C)c(C)c1N=O.Cc1c(C)c([N+](=O)[O-])c(C)c(C)c1N(C)CC(O)C(O)C(O)C(O)CO. The first-order valence-corrected chi connectivity index (χ1v) is 16.3. The van der Waals surface area contributed by atoms with Crippen LogP contribution in [0.5, 0.6) is 0 Å². The molecule has 0 bridgehead atoms. The van der Waals surface area contributed by atoms with Crippen molar-refractivity contribution in [2.75, 3.05) is 50.2 Å². The van der Waals surface area contributed by atoms with Gasteiger partial charge >= 0.3 is 0 Å². The normalized spacial score (nSPS) is 16.2. The fourth-order valence-corrected chi connectivity index (χ4v) is 6.19. The second-order valence-electron chi connectivity index (χ2n) is 13.1. The summed E-state index contributed by atoms with van der Waals surface area (Å²) < 4.78 is 0. The molecule has 0 aliphatic heterocycles. The zero-order valence-electron chi connectivity index (χ0n) is 30.9. The van der Waals surface area contributed by atoms with E-state index >= 15 is 0 Å². The third-order valence-corrected chi connectivity index (χ3v) is 9.70. The topological polar surface area (TPSA) is 281 Å². The minimum Gasteiger partial charge on any atom is -0.394 e. The molecular weight excluding hydrogens is 672 g/mol. The van der Waals surface area contributed by atoms with Gasteiger partial charge in [-0.3, -0.25) is 10.1 Å². The summed E-state index contributed by atoms with van der Waals surface area (Å²) in [4.78, 5) is 25.3. The van der Waals surface area contributed by atoms with Crippen molar-refractivity contribution in [1.82, 2.24) is 0 Å². The first-order valence-electron chi connectivity index (χ1n) is 16.3. The molecule has 2 aromatic carbocycles. The highest BCUT2D eigenvalue weighted by Crippen LogP contribution is 2.38. The molecule has 0 fully saturated rings. The number of likely N-dealkylation sites (N-methyl/N-ethyl adjacent to an activating group) is 2. The molecule has 0 saturated heterocycles. The molecule has 17 heteroatoms. The minimum atomic E-state index is -1.70. The molecule has 0 aromatic heterocycles. The molecule has 8 atom stereocenters. The number of nitroso groups, excluding NO2 is 1. The molecule has 0 aliphatic carbocycles. The van der Waals surface area contributed by atoms with Crippen LogP contribution in [0, 0.1) is 70.4 Å². The first kappa shape index (κ1) is 45.7. The molecule has 17 nitrogen and oxygen atoms in total. The molecule has 0 heterocycles. The van der Waals surface area contributed by atoms with Gasteiger partial charge in [-0.1, -0.05) is 0 Å². The Labute approximate surface area is 297 Å². The van der Waals surface area contributed by atoms with Crippen LogP contribution in [0.15, 0.2) is 5.18 Å². The van der Waals surface area contributed by atoms with Gasteiger partial charge in [-0.05, 0) is 93.9 Å². The van der Waals surface area contributed by atoms with E-state index < -0.39 is 67.0 Å². The Balaban J connectivity index is 0.000000510. The Morgan fingerprint density at radius 2 is 0.824 bits per heavy atom. The van der Waals surface area contributed by atoms with Crippen molar-refractivity contribution in [3.05, 3.63) is 59.5 Å². The number of anilines is 2. The predicted octanol–water partition coefficient (Wildman–Crippen LogP) is -0.109. The number of aliphatic hydroxyl groups is 10. The van der Waals surface area contributed by atoms with Crippen LogP contribution in [0.1, 0.15) is 44.5 Å². The van der Waals surface area contributed by atoms with E-state index in [-0.39, 0.29) is 18.8 Å². The number of nitro groups is 1. The number of nitro benzene ring substituents is 1. The third kappa shape index (κ3) is 10.4. The molecule has 51 heavy (non-hydrogen) atoms.